The summed E-state index contributed by atoms with van der Waals surface area (Å²) in [6.45, 7) is 4.13. The van der Waals surface area contributed by atoms with E-state index in [4.69, 9.17) is 0 Å². The molecular formula is C10H15N3O2. The number of nitrogens with zero attached hydrogens (tertiary/aromatic N) is 2. The minimum absolute atomic E-state index is 0.0659. The molecule has 0 aliphatic rings. The molecule has 1 rings (SSSR count). The van der Waals surface area contributed by atoms with Gasteiger partial charge in [0.1, 0.15) is 5.82 Å². The highest BCUT2D eigenvalue weighted by molar-refractivity contribution is 5.44. The van der Waals surface area contributed by atoms with E-state index in [2.05, 4.69) is 17.2 Å². The molecule has 1 unspecified atom stereocenters. The van der Waals surface area contributed by atoms with Crippen molar-refractivity contribution in [3.63, 3.8) is 0 Å². The number of nitrogens with one attached hydrogen (secondary N) is 1. The fourth-order valence-electron chi connectivity index (χ4n) is 1.37. The molecule has 0 aliphatic carbocycles. The first-order valence-corrected chi connectivity index (χ1v) is 5.00. The molecule has 5 nitrogen and oxygen atoms in total. The SMILES string of the molecule is CCCC(C)Nc1cc([N+](=O)[O-])ccn1. The van der Waals surface area contributed by atoms with Crippen molar-refractivity contribution in [2.45, 2.75) is 32.7 Å². The van der Waals surface area contributed by atoms with E-state index in [9.17, 15) is 10.1 Å². The Bertz CT molecular complexity index is 341. The van der Waals surface area contributed by atoms with Crippen LogP contribution in [0.4, 0.5) is 11.5 Å². The smallest absolute Gasteiger partial charge is 0.274 e. The van der Waals surface area contributed by atoms with Crippen LogP contribution in [0.2, 0.25) is 0 Å². The van der Waals surface area contributed by atoms with Crippen molar-refractivity contribution in [2.75, 3.05) is 5.32 Å². The van der Waals surface area contributed by atoms with Crippen molar-refractivity contribution in [1.82, 2.24) is 4.98 Å². The normalized spacial score (nSPS) is 12.1. The van der Waals surface area contributed by atoms with Crippen LogP contribution in [0, 0.1) is 10.1 Å². The van der Waals surface area contributed by atoms with Gasteiger partial charge in [0.05, 0.1) is 11.0 Å². The van der Waals surface area contributed by atoms with Crippen LogP contribution in [0.1, 0.15) is 26.7 Å². The highest BCUT2D eigenvalue weighted by Crippen LogP contribution is 2.15. The predicted octanol–water partition coefficient (Wildman–Crippen LogP) is 2.59. The standard InChI is InChI=1S/C10H15N3O2/c1-3-4-8(2)12-10-7-9(13(14)15)5-6-11-10/h5-8H,3-4H2,1-2H3,(H,11,12). The largest absolute Gasteiger partial charge is 0.367 e. The van der Waals surface area contributed by atoms with Gasteiger partial charge in [0.25, 0.3) is 5.69 Å². The third-order valence-electron chi connectivity index (χ3n) is 2.07. The zero-order chi connectivity index (χ0) is 11.3. The molecule has 0 radical (unpaired) electrons. The Balaban J connectivity index is 2.69. The monoisotopic (exact) mass is 209 g/mol. The summed E-state index contributed by atoms with van der Waals surface area (Å²) in [6, 6.07) is 3.12. The number of nitro groups is 1. The number of hydrogen-bond acceptors (Lipinski definition) is 4. The van der Waals surface area contributed by atoms with Crippen molar-refractivity contribution in [1.29, 1.82) is 0 Å². The zero-order valence-electron chi connectivity index (χ0n) is 8.93. The van der Waals surface area contributed by atoms with E-state index in [1.54, 1.807) is 0 Å². The molecular weight excluding hydrogens is 194 g/mol. The van der Waals surface area contributed by atoms with Crippen LogP contribution >= 0.6 is 0 Å². The van der Waals surface area contributed by atoms with Crippen LogP contribution in [-0.2, 0) is 0 Å². The fourth-order valence-corrected chi connectivity index (χ4v) is 1.37. The first-order valence-electron chi connectivity index (χ1n) is 5.00. The summed E-state index contributed by atoms with van der Waals surface area (Å²) in [5.74, 6) is 0.560. The van der Waals surface area contributed by atoms with Gasteiger partial charge in [-0.15, -0.1) is 0 Å². The van der Waals surface area contributed by atoms with Gasteiger partial charge in [-0.2, -0.15) is 0 Å². The number of hydrogen-bond donors (Lipinski definition) is 1. The number of pyridine rings is 1. The van der Waals surface area contributed by atoms with Crippen LogP contribution in [-0.4, -0.2) is 15.9 Å². The van der Waals surface area contributed by atoms with Gasteiger partial charge in [-0.3, -0.25) is 10.1 Å². The maximum Gasteiger partial charge on any atom is 0.274 e. The van der Waals surface area contributed by atoms with Crippen molar-refractivity contribution in [3.05, 3.63) is 28.4 Å². The lowest BCUT2D eigenvalue weighted by Gasteiger charge is -2.12. The van der Waals surface area contributed by atoms with Gasteiger partial charge in [-0.05, 0) is 13.3 Å². The second-order valence-electron chi connectivity index (χ2n) is 3.49. The summed E-state index contributed by atoms with van der Waals surface area (Å²) in [5, 5.41) is 13.6. The van der Waals surface area contributed by atoms with Gasteiger partial charge < -0.3 is 5.32 Å². The average molecular weight is 209 g/mol. The lowest BCUT2D eigenvalue weighted by Crippen LogP contribution is -2.15. The van der Waals surface area contributed by atoms with Crippen molar-refractivity contribution >= 4 is 11.5 Å². The van der Waals surface area contributed by atoms with E-state index in [1.165, 1.54) is 18.3 Å². The molecule has 15 heavy (non-hydrogen) atoms. The Morgan fingerprint density at radius 3 is 3.00 bits per heavy atom. The molecule has 5 heteroatoms. The Morgan fingerprint density at radius 1 is 1.67 bits per heavy atom. The van der Waals surface area contributed by atoms with Crippen molar-refractivity contribution in [3.8, 4) is 0 Å². The van der Waals surface area contributed by atoms with Gasteiger partial charge in [-0.25, -0.2) is 4.98 Å². The summed E-state index contributed by atoms with van der Waals surface area (Å²) in [6.07, 6.45) is 3.53. The lowest BCUT2D eigenvalue weighted by molar-refractivity contribution is -0.384. The average Bonchev–Trinajstić information content (AvgIpc) is 2.18. The molecule has 0 saturated heterocycles. The van der Waals surface area contributed by atoms with Gasteiger partial charge in [0, 0.05) is 18.3 Å². The number of aromatic nitrogens is 1. The third kappa shape index (κ3) is 3.53. The molecule has 0 bridgehead atoms. The van der Waals surface area contributed by atoms with Crippen LogP contribution in [0.5, 0.6) is 0 Å². The van der Waals surface area contributed by atoms with Gasteiger partial charge >= 0.3 is 0 Å². The van der Waals surface area contributed by atoms with Gasteiger partial charge in [-0.1, -0.05) is 13.3 Å². The van der Waals surface area contributed by atoms with E-state index < -0.39 is 4.92 Å². The quantitative estimate of drug-likeness (QED) is 0.597. The molecule has 0 aliphatic heterocycles. The first kappa shape index (κ1) is 11.4. The Hall–Kier alpha value is -1.65. The number of rotatable bonds is 5. The van der Waals surface area contributed by atoms with Crippen molar-refractivity contribution < 1.29 is 4.92 Å². The maximum atomic E-state index is 10.5. The minimum atomic E-state index is -0.419. The Labute approximate surface area is 88.7 Å². The van der Waals surface area contributed by atoms with Crippen LogP contribution in [0.25, 0.3) is 0 Å². The van der Waals surface area contributed by atoms with Crippen LogP contribution < -0.4 is 5.32 Å². The van der Waals surface area contributed by atoms with E-state index >= 15 is 0 Å². The summed E-state index contributed by atoms with van der Waals surface area (Å²) in [4.78, 5) is 14.1. The second kappa shape index (κ2) is 5.29. The van der Waals surface area contributed by atoms with E-state index in [-0.39, 0.29) is 11.7 Å². The molecule has 1 N–H and O–H groups in total. The zero-order valence-corrected chi connectivity index (χ0v) is 8.93. The Kier molecular flexibility index (Phi) is 4.03. The first-order chi connectivity index (χ1) is 7.13. The lowest BCUT2D eigenvalue weighted by atomic mass is 10.2. The maximum absolute atomic E-state index is 10.5. The topological polar surface area (TPSA) is 68.1 Å². The fraction of sp³-hybridized carbons (Fsp3) is 0.500. The molecule has 0 amide bonds. The molecule has 1 aromatic heterocycles. The molecule has 0 spiro atoms. The summed E-state index contributed by atoms with van der Waals surface area (Å²) in [5.41, 5.74) is 0.0659. The Morgan fingerprint density at radius 2 is 2.40 bits per heavy atom. The summed E-state index contributed by atoms with van der Waals surface area (Å²) >= 11 is 0. The van der Waals surface area contributed by atoms with Crippen LogP contribution in [0.15, 0.2) is 18.3 Å². The molecule has 0 saturated carbocycles. The minimum Gasteiger partial charge on any atom is -0.367 e. The predicted molar refractivity (Wildman–Crippen MR) is 58.9 cm³/mol. The van der Waals surface area contributed by atoms with Gasteiger partial charge in [0.2, 0.25) is 0 Å². The van der Waals surface area contributed by atoms with E-state index in [1.807, 2.05) is 6.92 Å². The second-order valence-corrected chi connectivity index (χ2v) is 3.49. The van der Waals surface area contributed by atoms with Gasteiger partial charge in [0.15, 0.2) is 0 Å². The summed E-state index contributed by atoms with van der Waals surface area (Å²) in [7, 11) is 0. The third-order valence-corrected chi connectivity index (χ3v) is 2.07. The van der Waals surface area contributed by atoms with E-state index in [0.717, 1.165) is 12.8 Å². The molecule has 1 atom stereocenters. The molecule has 82 valence electrons. The molecule has 1 aromatic rings. The van der Waals surface area contributed by atoms with Crippen molar-refractivity contribution in [2.24, 2.45) is 0 Å². The highest BCUT2D eigenvalue weighted by atomic mass is 16.6. The number of anilines is 1. The van der Waals surface area contributed by atoms with Crippen LogP contribution in [0.3, 0.4) is 0 Å². The molecule has 1 heterocycles. The van der Waals surface area contributed by atoms with E-state index in [0.29, 0.717) is 5.82 Å². The summed E-state index contributed by atoms with van der Waals surface area (Å²) < 4.78 is 0. The molecule has 0 aromatic carbocycles. The molecule has 0 fully saturated rings. The highest BCUT2D eigenvalue weighted by Gasteiger charge is 2.08.